The number of carbonyl (C=O) groups is 3. The van der Waals surface area contributed by atoms with Gasteiger partial charge < -0.3 is 19.3 Å². The number of piperidine rings is 1. The lowest BCUT2D eigenvalue weighted by molar-refractivity contribution is 0.00626. The third-order valence-electron chi connectivity index (χ3n) is 9.48. The molecule has 5 aromatic rings. The monoisotopic (exact) mass is 749 g/mol. The standard InChI is InChI=1S/C41H47N7O5S/c1-40(2,3)52-37(50)35-29(28-22-42-48(24-28)23-26-16-19-46(20-17-26)39(51)53-41(4,5)6)14-15-34(44-35)47-21-18-27-10-9-11-30(31(27)25-47)36(49)45-38-43-32-12-7-8-13-33(32)54-38/h7-15,22,24,26H,16-21,23,25H2,1-6H3,(H,43,45,49). The number of anilines is 2. The van der Waals surface area contributed by atoms with Crippen LogP contribution in [0.1, 0.15) is 86.4 Å². The summed E-state index contributed by atoms with van der Waals surface area (Å²) < 4.78 is 14.3. The summed E-state index contributed by atoms with van der Waals surface area (Å²) in [6.07, 6.45) is 5.84. The van der Waals surface area contributed by atoms with Gasteiger partial charge in [0.2, 0.25) is 0 Å². The van der Waals surface area contributed by atoms with Gasteiger partial charge in [-0.05, 0) is 108 Å². The van der Waals surface area contributed by atoms with E-state index in [-0.39, 0.29) is 17.7 Å². The van der Waals surface area contributed by atoms with Gasteiger partial charge in [0.15, 0.2) is 10.8 Å². The second-order valence-electron chi connectivity index (χ2n) is 16.0. The van der Waals surface area contributed by atoms with Crippen molar-refractivity contribution in [2.24, 2.45) is 5.92 Å². The molecule has 2 amide bonds. The van der Waals surface area contributed by atoms with Gasteiger partial charge in [0, 0.05) is 55.6 Å². The Balaban J connectivity index is 1.09. The van der Waals surface area contributed by atoms with Gasteiger partial charge in [0.1, 0.15) is 17.0 Å². The number of esters is 1. The van der Waals surface area contributed by atoms with Crippen LogP contribution in [0.4, 0.5) is 15.7 Å². The van der Waals surface area contributed by atoms with E-state index in [1.807, 2.05) is 101 Å². The molecule has 0 atom stereocenters. The zero-order valence-corrected chi connectivity index (χ0v) is 32.5. The van der Waals surface area contributed by atoms with E-state index in [1.165, 1.54) is 11.3 Å². The first-order chi connectivity index (χ1) is 25.7. The molecule has 2 aliphatic rings. The lowest BCUT2D eigenvalue weighted by Gasteiger charge is -2.33. The minimum absolute atomic E-state index is 0.209. The number of para-hydroxylation sites is 1. The maximum absolute atomic E-state index is 13.7. The molecule has 7 rings (SSSR count). The smallest absolute Gasteiger partial charge is 0.410 e. The first kappa shape index (κ1) is 37.0. The molecule has 1 saturated heterocycles. The Hall–Kier alpha value is -5.30. The Morgan fingerprint density at radius 3 is 2.39 bits per heavy atom. The molecule has 0 unspecified atom stereocenters. The third kappa shape index (κ3) is 8.57. The van der Waals surface area contributed by atoms with Crippen molar-refractivity contribution in [1.82, 2.24) is 24.6 Å². The molecule has 54 heavy (non-hydrogen) atoms. The molecule has 12 nitrogen and oxygen atoms in total. The normalized spacial score (nSPS) is 15.2. The predicted molar refractivity (Wildman–Crippen MR) is 210 cm³/mol. The Labute approximate surface area is 319 Å². The van der Waals surface area contributed by atoms with Crippen molar-refractivity contribution in [3.05, 3.63) is 89.4 Å². The van der Waals surface area contributed by atoms with E-state index in [4.69, 9.17) is 14.5 Å². The molecule has 1 fully saturated rings. The summed E-state index contributed by atoms with van der Waals surface area (Å²) in [6.45, 7) is 14.2. The SMILES string of the molecule is CC(C)(C)OC(=O)c1nc(N2CCc3cccc(C(=O)Nc4nc5ccccc5s4)c3C2)ccc1-c1cnn(CC2CCN(C(=O)OC(C)(C)C)CC2)c1. The van der Waals surface area contributed by atoms with Crippen LogP contribution in [0.3, 0.4) is 0 Å². The average Bonchev–Trinajstić information content (AvgIpc) is 3.76. The van der Waals surface area contributed by atoms with E-state index in [0.29, 0.717) is 67.1 Å². The van der Waals surface area contributed by atoms with Crippen LogP contribution in [0.2, 0.25) is 0 Å². The lowest BCUT2D eigenvalue weighted by Crippen LogP contribution is -2.42. The summed E-state index contributed by atoms with van der Waals surface area (Å²) in [5.41, 5.74) is 3.82. The second kappa shape index (κ2) is 14.8. The van der Waals surface area contributed by atoms with Crippen molar-refractivity contribution >= 4 is 50.5 Å². The van der Waals surface area contributed by atoms with E-state index < -0.39 is 17.2 Å². The van der Waals surface area contributed by atoms with Gasteiger partial charge in [-0.2, -0.15) is 5.10 Å². The van der Waals surface area contributed by atoms with E-state index in [2.05, 4.69) is 26.4 Å². The summed E-state index contributed by atoms with van der Waals surface area (Å²) in [7, 11) is 0. The molecule has 13 heteroatoms. The van der Waals surface area contributed by atoms with E-state index in [1.54, 1.807) is 11.1 Å². The number of carbonyl (C=O) groups excluding carboxylic acids is 3. The zero-order chi connectivity index (χ0) is 38.2. The van der Waals surface area contributed by atoms with E-state index >= 15 is 0 Å². The van der Waals surface area contributed by atoms with Gasteiger partial charge in [-0.1, -0.05) is 35.6 Å². The van der Waals surface area contributed by atoms with Crippen LogP contribution in [0.25, 0.3) is 21.3 Å². The van der Waals surface area contributed by atoms with Crippen LogP contribution in [-0.2, 0) is 29.0 Å². The van der Waals surface area contributed by atoms with Crippen LogP contribution in [0.5, 0.6) is 0 Å². The number of fused-ring (bicyclic) bond motifs is 2. The number of likely N-dealkylation sites (tertiary alicyclic amines) is 1. The minimum Gasteiger partial charge on any atom is -0.455 e. The Morgan fingerprint density at radius 2 is 1.65 bits per heavy atom. The molecule has 0 bridgehead atoms. The van der Waals surface area contributed by atoms with Crippen molar-refractivity contribution in [2.75, 3.05) is 29.9 Å². The van der Waals surface area contributed by atoms with Crippen LogP contribution in [0, 0.1) is 5.92 Å². The molecule has 0 radical (unpaired) electrons. The zero-order valence-electron chi connectivity index (χ0n) is 31.7. The molecule has 0 aliphatic carbocycles. The fourth-order valence-electron chi connectivity index (χ4n) is 6.91. The third-order valence-corrected chi connectivity index (χ3v) is 10.4. The Morgan fingerprint density at radius 1 is 0.889 bits per heavy atom. The van der Waals surface area contributed by atoms with Crippen LogP contribution in [0.15, 0.2) is 67.0 Å². The number of amides is 2. The number of nitrogens with one attached hydrogen (secondary N) is 1. The highest BCUT2D eigenvalue weighted by molar-refractivity contribution is 7.22. The summed E-state index contributed by atoms with van der Waals surface area (Å²) in [5.74, 6) is 0.235. The van der Waals surface area contributed by atoms with Gasteiger partial charge in [-0.3, -0.25) is 14.8 Å². The average molecular weight is 750 g/mol. The fourth-order valence-corrected chi connectivity index (χ4v) is 7.77. The van der Waals surface area contributed by atoms with E-state index in [0.717, 1.165) is 39.7 Å². The number of nitrogens with zero attached hydrogens (tertiary/aromatic N) is 6. The number of rotatable bonds is 7. The number of pyridine rings is 1. The summed E-state index contributed by atoms with van der Waals surface area (Å²) >= 11 is 1.44. The van der Waals surface area contributed by atoms with Crippen molar-refractivity contribution < 1.29 is 23.9 Å². The largest absolute Gasteiger partial charge is 0.455 e. The molecular weight excluding hydrogens is 703 g/mol. The fraction of sp³-hybridized carbons (Fsp3) is 0.415. The maximum atomic E-state index is 13.7. The molecular formula is C41H47N7O5S. The number of hydrogen-bond donors (Lipinski definition) is 1. The molecule has 1 N–H and O–H groups in total. The first-order valence-electron chi connectivity index (χ1n) is 18.5. The van der Waals surface area contributed by atoms with E-state index in [9.17, 15) is 14.4 Å². The quantitative estimate of drug-likeness (QED) is 0.165. The molecule has 0 spiro atoms. The summed E-state index contributed by atoms with van der Waals surface area (Å²) in [6, 6.07) is 17.5. The Bertz CT molecular complexity index is 2160. The van der Waals surface area contributed by atoms with Crippen molar-refractivity contribution in [3.8, 4) is 11.1 Å². The van der Waals surface area contributed by atoms with Crippen LogP contribution in [-0.4, -0.2) is 73.5 Å². The second-order valence-corrected chi connectivity index (χ2v) is 17.0. The predicted octanol–water partition coefficient (Wildman–Crippen LogP) is 7.97. The van der Waals surface area contributed by atoms with Crippen molar-refractivity contribution in [3.63, 3.8) is 0 Å². The molecule has 2 aliphatic heterocycles. The molecule has 0 saturated carbocycles. The number of aromatic nitrogens is 4. The topological polar surface area (TPSA) is 132 Å². The van der Waals surface area contributed by atoms with Crippen molar-refractivity contribution in [1.29, 1.82) is 0 Å². The van der Waals surface area contributed by atoms with Gasteiger partial charge in [0.05, 0.1) is 16.4 Å². The van der Waals surface area contributed by atoms with Crippen LogP contribution < -0.4 is 10.2 Å². The van der Waals surface area contributed by atoms with Gasteiger partial charge in [-0.25, -0.2) is 19.6 Å². The number of benzene rings is 2. The molecule has 2 aromatic carbocycles. The van der Waals surface area contributed by atoms with Gasteiger partial charge in [-0.15, -0.1) is 0 Å². The minimum atomic E-state index is -0.722. The van der Waals surface area contributed by atoms with Gasteiger partial charge in [0.25, 0.3) is 5.91 Å². The molecule has 282 valence electrons. The summed E-state index contributed by atoms with van der Waals surface area (Å²) in [4.78, 5) is 53.3. The molecule has 3 aromatic heterocycles. The highest BCUT2D eigenvalue weighted by Crippen LogP contribution is 2.32. The Kier molecular flexibility index (Phi) is 10.2. The lowest BCUT2D eigenvalue weighted by atomic mass is 9.94. The molecule has 5 heterocycles. The van der Waals surface area contributed by atoms with Crippen molar-refractivity contribution in [2.45, 2.75) is 85.1 Å². The highest BCUT2D eigenvalue weighted by atomic mass is 32.1. The number of thiazole rings is 1. The first-order valence-corrected chi connectivity index (χ1v) is 19.3. The number of ether oxygens (including phenoxy) is 2. The summed E-state index contributed by atoms with van der Waals surface area (Å²) in [5, 5.41) is 8.21. The van der Waals surface area contributed by atoms with Gasteiger partial charge >= 0.3 is 12.1 Å². The van der Waals surface area contributed by atoms with Crippen LogP contribution >= 0.6 is 11.3 Å². The maximum Gasteiger partial charge on any atom is 0.410 e. The highest BCUT2D eigenvalue weighted by Gasteiger charge is 2.29. The number of hydrogen-bond acceptors (Lipinski definition) is 10.